The van der Waals surface area contributed by atoms with E-state index in [1.54, 1.807) is 30.9 Å². The number of carbonyl (C=O) groups is 2. The summed E-state index contributed by atoms with van der Waals surface area (Å²) in [6.45, 7) is 6.62. The quantitative estimate of drug-likeness (QED) is 0.356. The number of rotatable bonds is 5. The van der Waals surface area contributed by atoms with Crippen LogP contribution in [-0.4, -0.2) is 74.4 Å². The number of nitrogens with zero attached hydrogens (tertiary/aromatic N) is 3. The third-order valence-corrected chi connectivity index (χ3v) is 4.47. The van der Waals surface area contributed by atoms with Crippen LogP contribution in [0.15, 0.2) is 4.99 Å². The second-order valence-corrected chi connectivity index (χ2v) is 8.24. The van der Waals surface area contributed by atoms with Crippen molar-refractivity contribution in [1.29, 1.82) is 0 Å². The number of aliphatic imine (C=N–C) groups is 1. The first-order valence-corrected chi connectivity index (χ1v) is 8.95. The van der Waals surface area contributed by atoms with Crippen LogP contribution in [0.5, 0.6) is 0 Å². The fourth-order valence-corrected chi connectivity index (χ4v) is 3.37. The van der Waals surface area contributed by atoms with Crippen molar-refractivity contribution in [2.45, 2.75) is 52.0 Å². The number of hydrogen-bond donors (Lipinski definition) is 2. The lowest BCUT2D eigenvalue weighted by atomic mass is 9.84. The van der Waals surface area contributed by atoms with E-state index in [4.69, 9.17) is 0 Å². The van der Waals surface area contributed by atoms with E-state index in [-0.39, 0.29) is 53.3 Å². The molecule has 8 heteroatoms. The SMILES string of the molecule is CN=C(NCC1(C(=O)N(C)C)CCCC1)N(C)CC(=O)NC(C)(C)C.I. The number of amides is 2. The first-order chi connectivity index (χ1) is 11.5. The van der Waals surface area contributed by atoms with Gasteiger partial charge in [0.1, 0.15) is 0 Å². The smallest absolute Gasteiger partial charge is 0.240 e. The monoisotopic (exact) mass is 481 g/mol. The highest BCUT2D eigenvalue weighted by molar-refractivity contribution is 14.0. The van der Waals surface area contributed by atoms with Crippen molar-refractivity contribution in [3.8, 4) is 0 Å². The van der Waals surface area contributed by atoms with E-state index in [0.717, 1.165) is 25.7 Å². The second kappa shape index (κ2) is 10.3. The van der Waals surface area contributed by atoms with Gasteiger partial charge in [-0.25, -0.2) is 0 Å². The van der Waals surface area contributed by atoms with Crippen LogP contribution in [0.3, 0.4) is 0 Å². The van der Waals surface area contributed by atoms with Crippen LogP contribution in [0.25, 0.3) is 0 Å². The van der Waals surface area contributed by atoms with Gasteiger partial charge in [0.25, 0.3) is 0 Å². The van der Waals surface area contributed by atoms with E-state index in [2.05, 4.69) is 15.6 Å². The maximum Gasteiger partial charge on any atom is 0.240 e. The van der Waals surface area contributed by atoms with Crippen LogP contribution in [0.2, 0.25) is 0 Å². The molecule has 0 aliphatic heterocycles. The van der Waals surface area contributed by atoms with Gasteiger partial charge in [-0.05, 0) is 33.6 Å². The predicted octanol–water partition coefficient (Wildman–Crippen LogP) is 1.67. The summed E-state index contributed by atoms with van der Waals surface area (Å²) in [4.78, 5) is 32.5. The minimum Gasteiger partial charge on any atom is -0.355 e. The first-order valence-electron chi connectivity index (χ1n) is 8.95. The lowest BCUT2D eigenvalue weighted by Gasteiger charge is -2.32. The molecule has 26 heavy (non-hydrogen) atoms. The molecular weight excluding hydrogens is 445 g/mol. The van der Waals surface area contributed by atoms with Gasteiger partial charge in [-0.2, -0.15) is 0 Å². The molecule has 0 aromatic rings. The summed E-state index contributed by atoms with van der Waals surface area (Å²) in [6, 6.07) is 0. The topological polar surface area (TPSA) is 77.0 Å². The van der Waals surface area contributed by atoms with Gasteiger partial charge in [-0.1, -0.05) is 12.8 Å². The highest BCUT2D eigenvalue weighted by atomic mass is 127. The van der Waals surface area contributed by atoms with E-state index >= 15 is 0 Å². The van der Waals surface area contributed by atoms with Crippen LogP contribution in [0.1, 0.15) is 46.5 Å². The van der Waals surface area contributed by atoms with Crippen molar-refractivity contribution >= 4 is 41.8 Å². The van der Waals surface area contributed by atoms with Crippen LogP contribution < -0.4 is 10.6 Å². The molecule has 1 aliphatic carbocycles. The summed E-state index contributed by atoms with van der Waals surface area (Å²) in [5.74, 6) is 0.737. The molecule has 0 aromatic heterocycles. The molecule has 1 rings (SSSR count). The lowest BCUT2D eigenvalue weighted by Crippen LogP contribution is -2.52. The molecule has 7 nitrogen and oxygen atoms in total. The highest BCUT2D eigenvalue weighted by Crippen LogP contribution is 2.38. The van der Waals surface area contributed by atoms with Gasteiger partial charge < -0.3 is 20.4 Å². The number of hydrogen-bond acceptors (Lipinski definition) is 3. The van der Waals surface area contributed by atoms with Crippen LogP contribution in [0.4, 0.5) is 0 Å². The maximum absolute atomic E-state index is 12.6. The third-order valence-electron chi connectivity index (χ3n) is 4.47. The van der Waals surface area contributed by atoms with Gasteiger partial charge in [0.05, 0.1) is 12.0 Å². The Balaban J connectivity index is 0.00000625. The summed E-state index contributed by atoms with van der Waals surface area (Å²) < 4.78 is 0. The van der Waals surface area contributed by atoms with Gasteiger partial charge in [-0.15, -0.1) is 24.0 Å². The minimum absolute atomic E-state index is 0. The summed E-state index contributed by atoms with van der Waals surface area (Å²) in [7, 11) is 7.13. The van der Waals surface area contributed by atoms with Crippen molar-refractivity contribution in [2.24, 2.45) is 10.4 Å². The Hall–Kier alpha value is -1.06. The fourth-order valence-electron chi connectivity index (χ4n) is 3.37. The number of halogens is 1. The second-order valence-electron chi connectivity index (χ2n) is 8.24. The molecule has 1 fully saturated rings. The Bertz CT molecular complexity index is 508. The Morgan fingerprint density at radius 3 is 2.08 bits per heavy atom. The van der Waals surface area contributed by atoms with Crippen molar-refractivity contribution in [3.63, 3.8) is 0 Å². The van der Waals surface area contributed by atoms with Gasteiger partial charge in [0, 0.05) is 40.3 Å². The zero-order chi connectivity index (χ0) is 19.3. The fraction of sp³-hybridized carbons (Fsp3) is 0.833. The van der Waals surface area contributed by atoms with Crippen molar-refractivity contribution in [2.75, 3.05) is 41.3 Å². The largest absolute Gasteiger partial charge is 0.355 e. The van der Waals surface area contributed by atoms with Crippen LogP contribution >= 0.6 is 24.0 Å². The lowest BCUT2D eigenvalue weighted by molar-refractivity contribution is -0.139. The zero-order valence-corrected chi connectivity index (χ0v) is 19.6. The van der Waals surface area contributed by atoms with Crippen molar-refractivity contribution < 1.29 is 9.59 Å². The van der Waals surface area contributed by atoms with Gasteiger partial charge in [0.15, 0.2) is 5.96 Å². The van der Waals surface area contributed by atoms with Gasteiger partial charge in [-0.3, -0.25) is 14.6 Å². The van der Waals surface area contributed by atoms with Crippen molar-refractivity contribution in [1.82, 2.24) is 20.4 Å². The molecule has 0 spiro atoms. The summed E-state index contributed by atoms with van der Waals surface area (Å²) >= 11 is 0. The zero-order valence-electron chi connectivity index (χ0n) is 17.3. The Morgan fingerprint density at radius 2 is 1.65 bits per heavy atom. The average molecular weight is 481 g/mol. The number of carbonyl (C=O) groups excluding carboxylic acids is 2. The molecule has 2 N–H and O–H groups in total. The molecular formula is C18H36IN5O2. The molecule has 0 radical (unpaired) electrons. The molecule has 0 aromatic carbocycles. The molecule has 0 bridgehead atoms. The van der Waals surface area contributed by atoms with Crippen molar-refractivity contribution in [3.05, 3.63) is 0 Å². The summed E-state index contributed by atoms with van der Waals surface area (Å²) in [5.41, 5.74) is -0.630. The molecule has 1 saturated carbocycles. The Morgan fingerprint density at radius 1 is 1.12 bits per heavy atom. The van der Waals surface area contributed by atoms with E-state index in [9.17, 15) is 9.59 Å². The van der Waals surface area contributed by atoms with Crippen LogP contribution in [-0.2, 0) is 9.59 Å². The molecule has 0 heterocycles. The Kier molecular flexibility index (Phi) is 9.90. The third kappa shape index (κ3) is 7.28. The normalized spacial score (nSPS) is 16.5. The van der Waals surface area contributed by atoms with E-state index in [0.29, 0.717) is 12.5 Å². The molecule has 0 saturated heterocycles. The molecule has 152 valence electrons. The predicted molar refractivity (Wildman–Crippen MR) is 117 cm³/mol. The molecule has 0 atom stereocenters. The maximum atomic E-state index is 12.6. The van der Waals surface area contributed by atoms with E-state index in [1.165, 1.54) is 0 Å². The first kappa shape index (κ1) is 24.9. The summed E-state index contributed by atoms with van der Waals surface area (Å²) in [6.07, 6.45) is 3.93. The van der Waals surface area contributed by atoms with Gasteiger partial charge in [0.2, 0.25) is 11.8 Å². The molecule has 1 aliphatic rings. The number of guanidine groups is 1. The van der Waals surface area contributed by atoms with E-state index in [1.807, 2.05) is 27.8 Å². The van der Waals surface area contributed by atoms with Gasteiger partial charge >= 0.3 is 0 Å². The molecule has 0 unspecified atom stereocenters. The standard InChI is InChI=1S/C18H35N5O2.HI/c1-17(2,3)21-14(24)12-23(7)16(19-4)20-13-18(10-8-9-11-18)15(25)22(5)6;/h8-13H2,1-7H3,(H,19,20)(H,21,24);1H. The number of likely N-dealkylation sites (N-methyl/N-ethyl adjacent to an activating group) is 1. The highest BCUT2D eigenvalue weighted by Gasteiger charge is 2.42. The van der Waals surface area contributed by atoms with Crippen LogP contribution in [0, 0.1) is 5.41 Å². The average Bonchev–Trinajstić information content (AvgIpc) is 2.94. The minimum atomic E-state index is -0.367. The summed E-state index contributed by atoms with van der Waals surface area (Å²) in [5, 5.41) is 6.25. The molecule has 2 amide bonds. The Labute approximate surface area is 175 Å². The van der Waals surface area contributed by atoms with E-state index < -0.39 is 0 Å². The number of nitrogens with one attached hydrogen (secondary N) is 2.